The van der Waals surface area contributed by atoms with E-state index in [1.807, 2.05) is 13.0 Å². The van der Waals surface area contributed by atoms with E-state index in [0.29, 0.717) is 10.7 Å². The average molecular weight is 252 g/mol. The Kier molecular flexibility index (Phi) is 3.01. The molecule has 1 aromatic carbocycles. The van der Waals surface area contributed by atoms with Gasteiger partial charge < -0.3 is 15.5 Å². The second-order valence-electron chi connectivity index (χ2n) is 3.46. The smallest absolute Gasteiger partial charge is 0.292 e. The van der Waals surface area contributed by atoms with Crippen LogP contribution in [0.1, 0.15) is 16.1 Å². The first-order valence-electron chi connectivity index (χ1n) is 4.85. The van der Waals surface area contributed by atoms with Gasteiger partial charge >= 0.3 is 0 Å². The molecule has 0 bridgehead atoms. The lowest BCUT2D eigenvalue weighted by atomic mass is 10.2. The fourth-order valence-electron chi connectivity index (χ4n) is 1.36. The molecule has 0 radical (unpaired) electrons. The maximum absolute atomic E-state index is 11.8. The molecular weight excluding hydrogens is 242 g/mol. The first-order chi connectivity index (χ1) is 8.08. The van der Waals surface area contributed by atoms with Crippen molar-refractivity contribution in [1.29, 1.82) is 0 Å². The summed E-state index contributed by atoms with van der Waals surface area (Å²) in [6, 6.07) is 5.30. The summed E-state index contributed by atoms with van der Waals surface area (Å²) in [5.41, 5.74) is 6.82. The first-order valence-corrected chi connectivity index (χ1v) is 5.23. The van der Waals surface area contributed by atoms with Gasteiger partial charge in [0.1, 0.15) is 6.26 Å². The number of carbonyl (C=O) groups is 1. The number of halogens is 1. The number of para-hydroxylation sites is 1. The number of nitrogen functional groups attached to an aromatic ring is 1. The summed E-state index contributed by atoms with van der Waals surface area (Å²) >= 11 is 5.98. The molecule has 3 N–H and O–H groups in total. The van der Waals surface area contributed by atoms with Crippen molar-refractivity contribution in [1.82, 2.24) is 4.98 Å². The van der Waals surface area contributed by atoms with Gasteiger partial charge in [-0.25, -0.2) is 0 Å². The van der Waals surface area contributed by atoms with Crippen LogP contribution in [0.2, 0.25) is 5.02 Å². The summed E-state index contributed by atoms with van der Waals surface area (Å²) in [5, 5.41) is 3.13. The minimum Gasteiger partial charge on any atom is -0.431 e. The fraction of sp³-hybridized carbons (Fsp3) is 0.0909. The van der Waals surface area contributed by atoms with Gasteiger partial charge in [0, 0.05) is 0 Å². The number of nitrogens with one attached hydrogen (secondary N) is 1. The number of carbonyl (C=O) groups excluding carboxylic acids is 1. The maximum Gasteiger partial charge on any atom is 0.292 e. The zero-order valence-corrected chi connectivity index (χ0v) is 9.78. The lowest BCUT2D eigenvalue weighted by molar-refractivity contribution is 0.102. The summed E-state index contributed by atoms with van der Waals surface area (Å²) in [7, 11) is 0. The molecule has 1 heterocycles. The van der Waals surface area contributed by atoms with E-state index in [1.54, 1.807) is 12.1 Å². The number of hydrogen-bond donors (Lipinski definition) is 2. The molecule has 6 heteroatoms. The molecule has 2 aromatic rings. The van der Waals surface area contributed by atoms with Crippen LogP contribution < -0.4 is 11.1 Å². The second kappa shape index (κ2) is 4.47. The van der Waals surface area contributed by atoms with Gasteiger partial charge in [0.2, 0.25) is 0 Å². The lowest BCUT2D eigenvalue weighted by Crippen LogP contribution is -2.13. The molecule has 0 fully saturated rings. The molecule has 17 heavy (non-hydrogen) atoms. The molecule has 88 valence electrons. The van der Waals surface area contributed by atoms with Crippen molar-refractivity contribution in [2.45, 2.75) is 6.92 Å². The van der Waals surface area contributed by atoms with E-state index in [-0.39, 0.29) is 11.7 Å². The predicted octanol–water partition coefficient (Wildman–Crippen LogP) is 2.47. The number of amides is 1. The zero-order valence-electron chi connectivity index (χ0n) is 9.03. The lowest BCUT2D eigenvalue weighted by Gasteiger charge is -2.08. The highest BCUT2D eigenvalue weighted by Crippen LogP contribution is 2.25. The summed E-state index contributed by atoms with van der Waals surface area (Å²) in [6.45, 7) is 1.85. The minimum atomic E-state index is -0.415. The number of oxazole rings is 1. The van der Waals surface area contributed by atoms with Crippen LogP contribution in [-0.2, 0) is 0 Å². The number of aromatic nitrogens is 1. The van der Waals surface area contributed by atoms with E-state index in [2.05, 4.69) is 10.3 Å². The molecule has 0 unspecified atom stereocenters. The number of nitrogens with two attached hydrogens (primary N) is 1. The first kappa shape index (κ1) is 11.5. The van der Waals surface area contributed by atoms with Crippen molar-refractivity contribution in [3.8, 4) is 0 Å². The molecule has 1 amide bonds. The van der Waals surface area contributed by atoms with Gasteiger partial charge in [0.15, 0.2) is 5.69 Å². The topological polar surface area (TPSA) is 81.2 Å². The third kappa shape index (κ3) is 2.39. The van der Waals surface area contributed by atoms with Gasteiger partial charge in [-0.3, -0.25) is 4.79 Å². The van der Waals surface area contributed by atoms with Crippen LogP contribution in [0.15, 0.2) is 28.9 Å². The number of anilines is 2. The molecule has 0 saturated heterocycles. The Labute approximate surface area is 103 Å². The Morgan fingerprint density at radius 1 is 1.53 bits per heavy atom. The Balaban J connectivity index is 2.24. The fourth-order valence-corrected chi connectivity index (χ4v) is 1.63. The zero-order chi connectivity index (χ0) is 12.4. The molecule has 0 aliphatic heterocycles. The van der Waals surface area contributed by atoms with Crippen molar-refractivity contribution in [3.05, 3.63) is 40.7 Å². The Morgan fingerprint density at radius 3 is 2.88 bits per heavy atom. The number of hydrogen-bond acceptors (Lipinski definition) is 4. The van der Waals surface area contributed by atoms with Gasteiger partial charge in [-0.1, -0.05) is 23.7 Å². The third-order valence-corrected chi connectivity index (χ3v) is 2.53. The van der Waals surface area contributed by atoms with Crippen molar-refractivity contribution >= 4 is 29.2 Å². The maximum atomic E-state index is 11.8. The highest BCUT2D eigenvalue weighted by Gasteiger charge is 2.13. The van der Waals surface area contributed by atoms with Crippen molar-refractivity contribution in [3.63, 3.8) is 0 Å². The highest BCUT2D eigenvalue weighted by atomic mass is 35.5. The van der Waals surface area contributed by atoms with E-state index in [4.69, 9.17) is 21.8 Å². The molecule has 0 saturated carbocycles. The van der Waals surface area contributed by atoms with Crippen LogP contribution in [0.3, 0.4) is 0 Å². The van der Waals surface area contributed by atoms with Crippen LogP contribution in [0.5, 0.6) is 0 Å². The summed E-state index contributed by atoms with van der Waals surface area (Å²) in [6.07, 6.45) is 1.19. The predicted molar refractivity (Wildman–Crippen MR) is 65.1 cm³/mol. The third-order valence-electron chi connectivity index (χ3n) is 2.22. The van der Waals surface area contributed by atoms with E-state index in [1.165, 1.54) is 6.26 Å². The minimum absolute atomic E-state index is 0.0500. The number of aryl methyl sites for hydroxylation is 1. The monoisotopic (exact) mass is 251 g/mol. The van der Waals surface area contributed by atoms with E-state index in [9.17, 15) is 4.79 Å². The van der Waals surface area contributed by atoms with Crippen LogP contribution in [0.25, 0.3) is 0 Å². The van der Waals surface area contributed by atoms with E-state index in [0.717, 1.165) is 5.56 Å². The average Bonchev–Trinajstić information content (AvgIpc) is 2.70. The van der Waals surface area contributed by atoms with Crippen LogP contribution in [0, 0.1) is 6.92 Å². The molecular formula is C11H10ClN3O2. The summed E-state index contributed by atoms with van der Waals surface area (Å²) in [4.78, 5) is 15.5. The van der Waals surface area contributed by atoms with Gasteiger partial charge in [0.25, 0.3) is 11.9 Å². The normalized spacial score (nSPS) is 10.2. The van der Waals surface area contributed by atoms with Crippen LogP contribution in [0.4, 0.5) is 11.7 Å². The summed E-state index contributed by atoms with van der Waals surface area (Å²) < 4.78 is 4.76. The molecule has 5 nitrogen and oxygen atoms in total. The molecule has 0 spiro atoms. The molecule has 2 rings (SSSR count). The van der Waals surface area contributed by atoms with Crippen LogP contribution >= 0.6 is 11.6 Å². The van der Waals surface area contributed by atoms with Crippen molar-refractivity contribution in [2.24, 2.45) is 0 Å². The van der Waals surface area contributed by atoms with Gasteiger partial charge in [-0.2, -0.15) is 4.98 Å². The van der Waals surface area contributed by atoms with Gasteiger partial charge in [-0.05, 0) is 18.6 Å². The number of benzene rings is 1. The summed E-state index contributed by atoms with van der Waals surface area (Å²) in [5.74, 6) is -0.415. The largest absolute Gasteiger partial charge is 0.431 e. The number of rotatable bonds is 2. The molecule has 0 aliphatic carbocycles. The van der Waals surface area contributed by atoms with E-state index >= 15 is 0 Å². The number of nitrogens with zero attached hydrogens (tertiary/aromatic N) is 1. The molecule has 0 aliphatic rings. The van der Waals surface area contributed by atoms with Gasteiger partial charge in [-0.15, -0.1) is 0 Å². The Morgan fingerprint density at radius 2 is 2.29 bits per heavy atom. The standard InChI is InChI=1S/C11H10ClN3O2/c1-6-3-2-4-7(12)9(6)15-10(16)8-5-17-11(13)14-8/h2-5H,1H3,(H2,13,14)(H,15,16). The molecule has 0 atom stereocenters. The Hall–Kier alpha value is -2.01. The van der Waals surface area contributed by atoms with Crippen molar-refractivity contribution < 1.29 is 9.21 Å². The molecule has 1 aromatic heterocycles. The van der Waals surface area contributed by atoms with Gasteiger partial charge in [0.05, 0.1) is 10.7 Å². The van der Waals surface area contributed by atoms with Crippen molar-refractivity contribution in [2.75, 3.05) is 11.1 Å². The van der Waals surface area contributed by atoms with Crippen LogP contribution in [-0.4, -0.2) is 10.9 Å². The van der Waals surface area contributed by atoms with E-state index < -0.39 is 5.91 Å². The highest BCUT2D eigenvalue weighted by molar-refractivity contribution is 6.34. The Bertz CT molecular complexity index is 545. The quantitative estimate of drug-likeness (QED) is 0.859. The second-order valence-corrected chi connectivity index (χ2v) is 3.86. The SMILES string of the molecule is Cc1cccc(Cl)c1NC(=O)c1coc(N)n1.